The molecule has 1 amide bonds. The van der Waals surface area contributed by atoms with E-state index in [4.69, 9.17) is 4.52 Å². The molecule has 7 nitrogen and oxygen atoms in total. The molecule has 3 aromatic heterocycles. The summed E-state index contributed by atoms with van der Waals surface area (Å²) in [5.74, 6) is 1.77. The van der Waals surface area contributed by atoms with Crippen molar-refractivity contribution in [1.29, 1.82) is 0 Å². The Morgan fingerprint density at radius 2 is 2.04 bits per heavy atom. The lowest BCUT2D eigenvalue weighted by atomic mass is 10.2. The third-order valence-electron chi connectivity index (χ3n) is 4.30. The Kier molecular flexibility index (Phi) is 5.03. The first-order valence-corrected chi connectivity index (χ1v) is 9.66. The molecule has 8 heteroatoms. The van der Waals surface area contributed by atoms with Crippen LogP contribution in [0.4, 0.5) is 11.6 Å². The van der Waals surface area contributed by atoms with Crippen molar-refractivity contribution in [2.75, 3.05) is 23.8 Å². The van der Waals surface area contributed by atoms with Crippen LogP contribution >= 0.6 is 11.3 Å². The number of hydrogen-bond donors (Lipinski definition) is 1. The van der Waals surface area contributed by atoms with Gasteiger partial charge in [0.15, 0.2) is 5.82 Å². The summed E-state index contributed by atoms with van der Waals surface area (Å²) in [5, 5.41) is 7.49. The largest absolute Gasteiger partial charge is 0.360 e. The molecule has 0 bridgehead atoms. The molecular weight excluding hydrogens is 374 g/mol. The van der Waals surface area contributed by atoms with Crippen molar-refractivity contribution >= 4 is 39.1 Å². The third-order valence-corrected chi connectivity index (χ3v) is 5.39. The average molecular weight is 393 g/mol. The number of aromatic nitrogens is 3. The summed E-state index contributed by atoms with van der Waals surface area (Å²) in [7, 11) is 1.93. The van der Waals surface area contributed by atoms with Crippen molar-refractivity contribution in [2.45, 2.75) is 13.3 Å². The lowest BCUT2D eigenvalue weighted by Crippen LogP contribution is -2.24. The van der Waals surface area contributed by atoms with Crippen LogP contribution in [-0.4, -0.2) is 34.6 Å². The molecule has 0 aliphatic rings. The molecule has 142 valence electrons. The van der Waals surface area contributed by atoms with E-state index in [0.29, 0.717) is 24.5 Å². The van der Waals surface area contributed by atoms with Gasteiger partial charge in [0.1, 0.15) is 22.7 Å². The Labute approximate surface area is 166 Å². The molecule has 0 aliphatic heterocycles. The van der Waals surface area contributed by atoms with Gasteiger partial charge < -0.3 is 14.7 Å². The molecule has 3 heterocycles. The van der Waals surface area contributed by atoms with Crippen molar-refractivity contribution in [3.63, 3.8) is 0 Å². The minimum Gasteiger partial charge on any atom is -0.360 e. The van der Waals surface area contributed by atoms with Crippen molar-refractivity contribution in [2.24, 2.45) is 0 Å². The standard InChI is InChI=1S/C20H19N5O2S/c1-13-10-17(24-27-13)23-18(26)8-9-25(2)19-15-11-16(14-6-4-3-5-7-14)28-20(15)22-12-21-19/h3-7,10-12H,8-9H2,1-2H3,(H,23,24,26). The Morgan fingerprint density at radius 1 is 1.21 bits per heavy atom. The first-order valence-electron chi connectivity index (χ1n) is 8.84. The molecule has 0 fully saturated rings. The molecule has 0 atom stereocenters. The van der Waals surface area contributed by atoms with Gasteiger partial charge in [-0.3, -0.25) is 4.79 Å². The zero-order valence-electron chi connectivity index (χ0n) is 15.5. The molecule has 0 radical (unpaired) electrons. The van der Waals surface area contributed by atoms with Gasteiger partial charge in [0.2, 0.25) is 5.91 Å². The second-order valence-corrected chi connectivity index (χ2v) is 7.47. The summed E-state index contributed by atoms with van der Waals surface area (Å²) in [6.45, 7) is 2.30. The minimum atomic E-state index is -0.124. The number of anilines is 2. The van der Waals surface area contributed by atoms with Gasteiger partial charge >= 0.3 is 0 Å². The molecule has 0 aliphatic carbocycles. The highest BCUT2D eigenvalue weighted by Gasteiger charge is 2.14. The highest BCUT2D eigenvalue weighted by Crippen LogP contribution is 2.35. The van der Waals surface area contributed by atoms with Crippen molar-refractivity contribution in [3.05, 3.63) is 54.6 Å². The van der Waals surface area contributed by atoms with E-state index < -0.39 is 0 Å². The highest BCUT2D eigenvalue weighted by molar-refractivity contribution is 7.21. The third kappa shape index (κ3) is 3.86. The smallest absolute Gasteiger partial charge is 0.227 e. The second kappa shape index (κ2) is 7.77. The predicted octanol–water partition coefficient (Wildman–Crippen LogP) is 4.12. The van der Waals surface area contributed by atoms with Gasteiger partial charge in [-0.25, -0.2) is 9.97 Å². The lowest BCUT2D eigenvalue weighted by Gasteiger charge is -2.18. The van der Waals surface area contributed by atoms with Crippen molar-refractivity contribution in [1.82, 2.24) is 15.1 Å². The van der Waals surface area contributed by atoms with Crippen LogP contribution in [0.25, 0.3) is 20.7 Å². The number of aryl methyl sites for hydroxylation is 1. The van der Waals surface area contributed by atoms with Crippen LogP contribution in [0, 0.1) is 6.92 Å². The van der Waals surface area contributed by atoms with E-state index in [0.717, 1.165) is 26.5 Å². The Morgan fingerprint density at radius 3 is 2.79 bits per heavy atom. The van der Waals surface area contributed by atoms with Gasteiger partial charge in [-0.05, 0) is 18.6 Å². The number of fused-ring (bicyclic) bond motifs is 1. The number of rotatable bonds is 6. The van der Waals surface area contributed by atoms with E-state index >= 15 is 0 Å². The van der Waals surface area contributed by atoms with Crippen LogP contribution in [0.5, 0.6) is 0 Å². The molecule has 28 heavy (non-hydrogen) atoms. The number of carbonyl (C=O) groups is 1. The Hall–Kier alpha value is -3.26. The summed E-state index contributed by atoms with van der Waals surface area (Å²) in [6, 6.07) is 14.0. The fourth-order valence-electron chi connectivity index (χ4n) is 2.90. The molecular formula is C20H19N5O2S. The van der Waals surface area contributed by atoms with Crippen LogP contribution in [-0.2, 0) is 4.79 Å². The number of benzene rings is 1. The van der Waals surface area contributed by atoms with Gasteiger partial charge in [0.25, 0.3) is 0 Å². The number of thiophene rings is 1. The van der Waals surface area contributed by atoms with Gasteiger partial charge in [-0.2, -0.15) is 0 Å². The first-order chi connectivity index (χ1) is 13.6. The Balaban J connectivity index is 1.48. The summed E-state index contributed by atoms with van der Waals surface area (Å²) < 4.78 is 4.96. The zero-order chi connectivity index (χ0) is 19.5. The Bertz CT molecular complexity index is 1110. The SMILES string of the molecule is Cc1cc(NC(=O)CCN(C)c2ncnc3sc(-c4ccccc4)cc23)no1. The van der Waals surface area contributed by atoms with Gasteiger partial charge in [-0.15, -0.1) is 11.3 Å². The van der Waals surface area contributed by atoms with E-state index in [2.05, 4.69) is 38.6 Å². The summed E-state index contributed by atoms with van der Waals surface area (Å²) in [6.07, 6.45) is 1.88. The van der Waals surface area contributed by atoms with Crippen LogP contribution in [0.15, 0.2) is 53.3 Å². The van der Waals surface area contributed by atoms with E-state index in [-0.39, 0.29) is 5.91 Å². The van der Waals surface area contributed by atoms with Crippen LogP contribution < -0.4 is 10.2 Å². The van der Waals surface area contributed by atoms with E-state index in [9.17, 15) is 4.79 Å². The lowest BCUT2D eigenvalue weighted by molar-refractivity contribution is -0.116. The molecule has 0 spiro atoms. The second-order valence-electron chi connectivity index (χ2n) is 6.44. The molecule has 1 aromatic carbocycles. The van der Waals surface area contributed by atoms with E-state index in [1.165, 1.54) is 0 Å². The van der Waals surface area contributed by atoms with Gasteiger partial charge in [-0.1, -0.05) is 35.5 Å². The fourth-order valence-corrected chi connectivity index (χ4v) is 3.90. The molecule has 1 N–H and O–H groups in total. The summed E-state index contributed by atoms with van der Waals surface area (Å²) in [5.41, 5.74) is 1.15. The maximum Gasteiger partial charge on any atom is 0.227 e. The maximum absolute atomic E-state index is 12.2. The quantitative estimate of drug-likeness (QED) is 0.530. The molecule has 4 rings (SSSR count). The zero-order valence-corrected chi connectivity index (χ0v) is 16.4. The summed E-state index contributed by atoms with van der Waals surface area (Å²) >= 11 is 1.63. The van der Waals surface area contributed by atoms with Gasteiger partial charge in [0.05, 0.1) is 5.39 Å². The van der Waals surface area contributed by atoms with Crippen LogP contribution in [0.1, 0.15) is 12.2 Å². The first kappa shape index (κ1) is 18.1. The number of nitrogens with zero attached hydrogens (tertiary/aromatic N) is 4. The fraction of sp³-hybridized carbons (Fsp3) is 0.200. The monoisotopic (exact) mass is 393 g/mol. The van der Waals surface area contributed by atoms with Crippen LogP contribution in [0.3, 0.4) is 0 Å². The van der Waals surface area contributed by atoms with Crippen LogP contribution in [0.2, 0.25) is 0 Å². The number of hydrogen-bond acceptors (Lipinski definition) is 7. The maximum atomic E-state index is 12.2. The minimum absolute atomic E-state index is 0.124. The molecule has 0 unspecified atom stereocenters. The molecule has 0 saturated carbocycles. The average Bonchev–Trinajstić information content (AvgIpc) is 3.32. The normalized spacial score (nSPS) is 10.9. The molecule has 0 saturated heterocycles. The van der Waals surface area contributed by atoms with E-state index in [1.54, 1.807) is 30.7 Å². The number of amides is 1. The van der Waals surface area contributed by atoms with Crippen molar-refractivity contribution in [3.8, 4) is 10.4 Å². The van der Waals surface area contributed by atoms with Gasteiger partial charge in [0, 0.05) is 31.0 Å². The number of nitrogens with one attached hydrogen (secondary N) is 1. The predicted molar refractivity (Wildman–Crippen MR) is 111 cm³/mol. The topological polar surface area (TPSA) is 84.2 Å². The summed E-state index contributed by atoms with van der Waals surface area (Å²) in [4.78, 5) is 25.1. The van der Waals surface area contributed by atoms with Crippen molar-refractivity contribution < 1.29 is 9.32 Å². The van der Waals surface area contributed by atoms with E-state index in [1.807, 2.05) is 30.1 Å². The molecule has 4 aromatic rings. The highest BCUT2D eigenvalue weighted by atomic mass is 32.1. The number of carbonyl (C=O) groups excluding carboxylic acids is 1.